The van der Waals surface area contributed by atoms with Crippen molar-refractivity contribution >= 4 is 15.8 Å². The molecule has 0 aliphatic heterocycles. The molecule has 0 amide bonds. The molecule has 1 aromatic heterocycles. The van der Waals surface area contributed by atoms with Gasteiger partial charge >= 0.3 is 15.6 Å². The molecule has 0 saturated heterocycles. The highest BCUT2D eigenvalue weighted by molar-refractivity contribution is 7.87. The number of halogens is 3. The number of aromatic nitrogens is 1. The summed E-state index contributed by atoms with van der Waals surface area (Å²) in [7, 11) is -5.96. The highest BCUT2D eigenvalue weighted by Crippen LogP contribution is 2.32. The van der Waals surface area contributed by atoms with Crippen molar-refractivity contribution in [1.82, 2.24) is 4.98 Å². The molecule has 0 aliphatic rings. The monoisotopic (exact) mass is 357 g/mol. The number of pyridine rings is 1. The van der Waals surface area contributed by atoms with Crippen molar-refractivity contribution in [1.29, 1.82) is 5.26 Å². The molecule has 2 rings (SSSR count). The van der Waals surface area contributed by atoms with Gasteiger partial charge in [0.15, 0.2) is 0 Å². The predicted octanol–water partition coefficient (Wildman–Crippen LogP) is 3.25. The Labute approximate surface area is 133 Å². The summed E-state index contributed by atoms with van der Waals surface area (Å²) in [6.45, 7) is 0. The standard InChI is InChI=1S/C13H6F3N3O4S/c14-13(15,16)24(21,22)23-12-11(7-17)10(5-6-18-12)8-1-3-9(19-20)4-2-8/h1-6H. The number of nitriles is 1. The lowest BCUT2D eigenvalue weighted by atomic mass is 10.0. The fraction of sp³-hybridized carbons (Fsp3) is 0.0769. The summed E-state index contributed by atoms with van der Waals surface area (Å²) >= 11 is 0. The van der Waals surface area contributed by atoms with E-state index in [-0.39, 0.29) is 11.3 Å². The predicted molar refractivity (Wildman–Crippen MR) is 75.4 cm³/mol. The maximum atomic E-state index is 12.4. The van der Waals surface area contributed by atoms with Crippen LogP contribution in [0.5, 0.6) is 5.88 Å². The molecular weight excluding hydrogens is 351 g/mol. The largest absolute Gasteiger partial charge is 0.534 e. The van der Waals surface area contributed by atoms with Crippen LogP contribution in [0.15, 0.2) is 41.7 Å². The quantitative estimate of drug-likeness (QED) is 0.472. The third kappa shape index (κ3) is 3.33. The van der Waals surface area contributed by atoms with E-state index < -0.39 is 27.1 Å². The van der Waals surface area contributed by atoms with Crippen LogP contribution in [0, 0.1) is 16.2 Å². The highest BCUT2D eigenvalue weighted by Gasteiger charge is 2.49. The van der Waals surface area contributed by atoms with E-state index in [0.29, 0.717) is 5.56 Å². The zero-order chi connectivity index (χ0) is 18.0. The summed E-state index contributed by atoms with van der Waals surface area (Å²) in [5, 5.41) is 11.8. The number of benzene rings is 1. The van der Waals surface area contributed by atoms with Gasteiger partial charge in [-0.15, -0.1) is 4.91 Å². The number of hydrogen-bond acceptors (Lipinski definition) is 7. The van der Waals surface area contributed by atoms with Gasteiger partial charge in [-0.3, -0.25) is 0 Å². The maximum Gasteiger partial charge on any atom is 0.534 e. The van der Waals surface area contributed by atoms with Crippen molar-refractivity contribution in [2.45, 2.75) is 5.51 Å². The number of rotatable bonds is 4. The molecule has 0 N–H and O–H groups in total. The van der Waals surface area contributed by atoms with Crippen molar-refractivity contribution in [2.75, 3.05) is 0 Å². The minimum absolute atomic E-state index is 0.0809. The molecule has 0 radical (unpaired) electrons. The molecule has 0 spiro atoms. The highest BCUT2D eigenvalue weighted by atomic mass is 32.2. The molecule has 11 heteroatoms. The Kier molecular flexibility index (Phi) is 4.52. The molecule has 0 fully saturated rings. The smallest absolute Gasteiger partial charge is 0.354 e. The molecule has 2 aromatic rings. The van der Waals surface area contributed by atoms with E-state index in [9.17, 15) is 26.5 Å². The van der Waals surface area contributed by atoms with E-state index in [2.05, 4.69) is 14.3 Å². The normalized spacial score (nSPS) is 11.6. The van der Waals surface area contributed by atoms with Gasteiger partial charge in [-0.05, 0) is 28.9 Å². The van der Waals surface area contributed by atoms with Crippen LogP contribution in [0.25, 0.3) is 11.1 Å². The van der Waals surface area contributed by atoms with Crippen LogP contribution in [0.4, 0.5) is 18.9 Å². The lowest BCUT2D eigenvalue weighted by molar-refractivity contribution is -0.0501. The first-order chi connectivity index (χ1) is 11.2. The van der Waals surface area contributed by atoms with Crippen LogP contribution in [-0.4, -0.2) is 18.9 Å². The molecule has 7 nitrogen and oxygen atoms in total. The summed E-state index contributed by atoms with van der Waals surface area (Å²) in [6.07, 6.45) is 0.989. The molecule has 24 heavy (non-hydrogen) atoms. The van der Waals surface area contributed by atoms with Gasteiger partial charge in [-0.25, -0.2) is 4.98 Å². The molecule has 0 aliphatic carbocycles. The Bertz CT molecular complexity index is 919. The molecule has 0 atom stereocenters. The van der Waals surface area contributed by atoms with Crippen molar-refractivity contribution in [3.8, 4) is 23.1 Å². The molecule has 0 saturated carbocycles. The van der Waals surface area contributed by atoms with Gasteiger partial charge in [0.2, 0.25) is 0 Å². The van der Waals surface area contributed by atoms with E-state index in [1.807, 2.05) is 0 Å². The van der Waals surface area contributed by atoms with Gasteiger partial charge in [0.05, 0.1) is 0 Å². The van der Waals surface area contributed by atoms with Crippen LogP contribution in [0.2, 0.25) is 0 Å². The number of hydrogen-bond donors (Lipinski definition) is 0. The Balaban J connectivity index is 2.54. The second kappa shape index (κ2) is 6.25. The first-order valence-corrected chi connectivity index (χ1v) is 7.44. The first kappa shape index (κ1) is 17.4. The zero-order valence-corrected chi connectivity index (χ0v) is 12.3. The molecular formula is C13H6F3N3O4S. The van der Waals surface area contributed by atoms with Gasteiger partial charge < -0.3 is 4.18 Å². The van der Waals surface area contributed by atoms with Crippen LogP contribution in [-0.2, 0) is 10.1 Å². The summed E-state index contributed by atoms with van der Waals surface area (Å²) in [4.78, 5) is 13.8. The summed E-state index contributed by atoms with van der Waals surface area (Å²) in [5.74, 6) is -0.995. The first-order valence-electron chi connectivity index (χ1n) is 6.03. The average Bonchev–Trinajstić information content (AvgIpc) is 2.53. The lowest BCUT2D eigenvalue weighted by Gasteiger charge is -2.11. The number of nitroso groups, excluding NO2 is 1. The molecule has 124 valence electrons. The van der Waals surface area contributed by atoms with Crippen LogP contribution in [0.3, 0.4) is 0 Å². The van der Waals surface area contributed by atoms with Crippen LogP contribution >= 0.6 is 0 Å². The van der Waals surface area contributed by atoms with Gasteiger partial charge in [0.25, 0.3) is 5.88 Å². The summed E-state index contributed by atoms with van der Waals surface area (Å²) < 4.78 is 63.3. The fourth-order valence-electron chi connectivity index (χ4n) is 1.71. The molecule has 1 heterocycles. The van der Waals surface area contributed by atoms with Gasteiger partial charge in [0, 0.05) is 11.8 Å². The Hall–Kier alpha value is -3.00. The second-order valence-electron chi connectivity index (χ2n) is 4.27. The average molecular weight is 357 g/mol. The minimum atomic E-state index is -5.96. The third-order valence-electron chi connectivity index (χ3n) is 2.78. The second-order valence-corrected chi connectivity index (χ2v) is 5.81. The molecule has 0 unspecified atom stereocenters. The van der Waals surface area contributed by atoms with Gasteiger partial charge in [-0.1, -0.05) is 12.1 Å². The van der Waals surface area contributed by atoms with Gasteiger partial charge in [-0.2, -0.15) is 26.9 Å². The van der Waals surface area contributed by atoms with Crippen molar-refractivity contribution < 1.29 is 25.8 Å². The Morgan fingerprint density at radius 1 is 1.17 bits per heavy atom. The Morgan fingerprint density at radius 2 is 1.79 bits per heavy atom. The van der Waals surface area contributed by atoms with Crippen molar-refractivity contribution in [3.05, 3.63) is 47.0 Å². The summed E-state index contributed by atoms with van der Waals surface area (Å²) in [6, 6.07) is 8.25. The fourth-order valence-corrected chi connectivity index (χ4v) is 2.14. The maximum absolute atomic E-state index is 12.4. The van der Waals surface area contributed by atoms with E-state index in [1.54, 1.807) is 6.07 Å². The topological polar surface area (TPSA) is 109 Å². The lowest BCUT2D eigenvalue weighted by Crippen LogP contribution is -2.28. The van der Waals surface area contributed by atoms with E-state index >= 15 is 0 Å². The van der Waals surface area contributed by atoms with Crippen LogP contribution < -0.4 is 4.18 Å². The number of nitrogens with zero attached hydrogens (tertiary/aromatic N) is 3. The van der Waals surface area contributed by atoms with Crippen LogP contribution in [0.1, 0.15) is 5.56 Å². The van der Waals surface area contributed by atoms with Crippen molar-refractivity contribution in [2.24, 2.45) is 5.18 Å². The van der Waals surface area contributed by atoms with Crippen molar-refractivity contribution in [3.63, 3.8) is 0 Å². The van der Waals surface area contributed by atoms with E-state index in [4.69, 9.17) is 5.26 Å². The van der Waals surface area contributed by atoms with Gasteiger partial charge in [0.1, 0.15) is 17.3 Å². The minimum Gasteiger partial charge on any atom is -0.354 e. The molecule has 0 bridgehead atoms. The SMILES string of the molecule is N#Cc1c(-c2ccc(N=O)cc2)ccnc1OS(=O)(=O)C(F)(F)F. The Morgan fingerprint density at radius 3 is 2.29 bits per heavy atom. The van der Waals surface area contributed by atoms with E-state index in [1.165, 1.54) is 30.3 Å². The number of alkyl halides is 3. The zero-order valence-electron chi connectivity index (χ0n) is 11.5. The summed E-state index contributed by atoms with van der Waals surface area (Å²) in [5.41, 5.74) is -5.65. The third-order valence-corrected chi connectivity index (χ3v) is 3.73. The molecule has 1 aromatic carbocycles. The van der Waals surface area contributed by atoms with E-state index in [0.717, 1.165) is 6.20 Å².